The van der Waals surface area contributed by atoms with Crippen LogP contribution in [0.25, 0.3) is 0 Å². The molecule has 222 valence electrons. The van der Waals surface area contributed by atoms with E-state index in [1.807, 2.05) is 72.8 Å². The molecule has 4 aromatic carbocycles. The van der Waals surface area contributed by atoms with Gasteiger partial charge in [0.25, 0.3) is 17.7 Å². The minimum atomic E-state index is -1.79. The van der Waals surface area contributed by atoms with Gasteiger partial charge in [-0.3, -0.25) is 19.8 Å². The van der Waals surface area contributed by atoms with Crippen molar-refractivity contribution in [2.24, 2.45) is 32.4 Å². The first kappa shape index (κ1) is 27.9. The van der Waals surface area contributed by atoms with Crippen molar-refractivity contribution >= 4 is 57.7 Å². The molecule has 7 rings (SSSR count). The predicted octanol–water partition coefficient (Wildman–Crippen LogP) is 5.33. The Balaban J connectivity index is 1.45. The van der Waals surface area contributed by atoms with Crippen LogP contribution >= 0.6 is 0 Å². The fourth-order valence-corrected chi connectivity index (χ4v) is 6.42. The van der Waals surface area contributed by atoms with Gasteiger partial charge in [-0.1, -0.05) is 72.8 Å². The Kier molecular flexibility index (Phi) is 6.81. The van der Waals surface area contributed by atoms with E-state index in [0.29, 0.717) is 34.2 Å². The van der Waals surface area contributed by atoms with Gasteiger partial charge >= 0.3 is 0 Å². The molecule has 3 atom stereocenters. The molecule has 0 saturated carbocycles. The number of rotatable bonds is 6. The maximum atomic E-state index is 15.1. The van der Waals surface area contributed by atoms with Crippen molar-refractivity contribution in [1.29, 1.82) is 0 Å². The summed E-state index contributed by atoms with van der Waals surface area (Å²) in [6.07, 6.45) is 0. The lowest BCUT2D eigenvalue weighted by Gasteiger charge is -2.36. The van der Waals surface area contributed by atoms with Crippen LogP contribution in [0.2, 0.25) is 0 Å². The van der Waals surface area contributed by atoms with E-state index < -0.39 is 35.0 Å². The summed E-state index contributed by atoms with van der Waals surface area (Å²) in [5.74, 6) is -3.53. The molecule has 3 aliphatic heterocycles. The zero-order valence-electron chi connectivity index (χ0n) is 24.6. The molecular formula is C35H29N7O3. The number of amides is 3. The van der Waals surface area contributed by atoms with Crippen LogP contribution < -0.4 is 20.5 Å². The van der Waals surface area contributed by atoms with Gasteiger partial charge in [0.05, 0.1) is 28.5 Å². The number of anilines is 3. The fourth-order valence-electron chi connectivity index (χ4n) is 6.42. The van der Waals surface area contributed by atoms with E-state index >= 15 is 4.79 Å². The van der Waals surface area contributed by atoms with Gasteiger partial charge in [0.2, 0.25) is 0 Å². The molecule has 4 aromatic rings. The summed E-state index contributed by atoms with van der Waals surface area (Å²) in [5.41, 5.74) is 4.33. The second kappa shape index (κ2) is 11.0. The number of hydrogen-bond acceptors (Lipinski definition) is 6. The van der Waals surface area contributed by atoms with Crippen molar-refractivity contribution in [3.8, 4) is 0 Å². The molecule has 0 aliphatic carbocycles. The van der Waals surface area contributed by atoms with Crippen molar-refractivity contribution < 1.29 is 14.4 Å². The molecule has 1 fully saturated rings. The zero-order chi connectivity index (χ0) is 31.1. The summed E-state index contributed by atoms with van der Waals surface area (Å²) in [4.78, 5) is 49.2. The van der Waals surface area contributed by atoms with E-state index in [1.54, 1.807) is 62.4 Å². The standard InChI is InChI=1S/C35H29N7O3/c1-23-29(32(43)40(37-23)26-17-9-4-10-18-26)35(24(2)38-42(34(35)45)28-21-13-6-14-22-28)30-31(36-25-15-7-3-8-16-25)39-41(33(30)44)27-19-11-5-12-20-27/h3-22,29-30H,1-2H3,(H,36,39)/t29-,30-,35-/m1/s1. The Morgan fingerprint density at radius 3 is 1.71 bits per heavy atom. The molecule has 3 amide bonds. The predicted molar refractivity (Wildman–Crippen MR) is 174 cm³/mol. The summed E-state index contributed by atoms with van der Waals surface area (Å²) in [6, 6.07) is 36.3. The van der Waals surface area contributed by atoms with Crippen LogP contribution in [0.1, 0.15) is 13.8 Å². The van der Waals surface area contributed by atoms with Crippen molar-refractivity contribution in [2.75, 3.05) is 15.0 Å². The van der Waals surface area contributed by atoms with Crippen LogP contribution in [0.4, 0.5) is 22.7 Å². The van der Waals surface area contributed by atoms with Crippen LogP contribution in [0.5, 0.6) is 0 Å². The van der Waals surface area contributed by atoms with E-state index in [4.69, 9.17) is 10.1 Å². The number of nitrogens with zero attached hydrogens (tertiary/aromatic N) is 6. The quantitative estimate of drug-likeness (QED) is 0.325. The minimum Gasteiger partial charge on any atom is -0.277 e. The zero-order valence-corrected chi connectivity index (χ0v) is 24.6. The molecule has 0 aromatic heterocycles. The smallest absolute Gasteiger partial charge is 0.261 e. The van der Waals surface area contributed by atoms with E-state index in [0.717, 1.165) is 0 Å². The van der Waals surface area contributed by atoms with Gasteiger partial charge in [0.1, 0.15) is 23.1 Å². The van der Waals surface area contributed by atoms with Crippen LogP contribution in [0.15, 0.2) is 137 Å². The van der Waals surface area contributed by atoms with Gasteiger partial charge in [-0.05, 0) is 62.4 Å². The van der Waals surface area contributed by atoms with Crippen molar-refractivity contribution in [3.63, 3.8) is 0 Å². The third-order valence-corrected chi connectivity index (χ3v) is 8.43. The Bertz CT molecular complexity index is 1880. The monoisotopic (exact) mass is 595 g/mol. The highest BCUT2D eigenvalue weighted by Gasteiger charge is 2.69. The van der Waals surface area contributed by atoms with Gasteiger partial charge in [0, 0.05) is 5.71 Å². The third-order valence-electron chi connectivity index (χ3n) is 8.43. The Hall–Kier alpha value is -5.90. The van der Waals surface area contributed by atoms with Crippen LogP contribution in [0, 0.1) is 17.3 Å². The van der Waals surface area contributed by atoms with Gasteiger partial charge < -0.3 is 0 Å². The second-order valence-electron chi connectivity index (χ2n) is 11.1. The number of amidine groups is 1. The topological polar surface area (TPSA) is 110 Å². The second-order valence-corrected chi connectivity index (χ2v) is 11.1. The third kappa shape index (κ3) is 4.41. The number of para-hydroxylation sites is 4. The molecule has 0 unspecified atom stereocenters. The van der Waals surface area contributed by atoms with Gasteiger partial charge in [-0.15, -0.1) is 0 Å². The first-order valence-electron chi connectivity index (χ1n) is 14.6. The summed E-state index contributed by atoms with van der Waals surface area (Å²) in [5, 5.41) is 13.4. The van der Waals surface area contributed by atoms with Gasteiger partial charge in [-0.2, -0.15) is 15.2 Å². The highest BCUT2D eigenvalue weighted by atomic mass is 16.2. The first-order valence-corrected chi connectivity index (χ1v) is 14.6. The summed E-state index contributed by atoms with van der Waals surface area (Å²) >= 11 is 0. The molecule has 3 aliphatic rings. The largest absolute Gasteiger partial charge is 0.277 e. The average molecular weight is 596 g/mol. The van der Waals surface area contributed by atoms with Gasteiger partial charge in [0.15, 0.2) is 0 Å². The Labute approximate surface area is 260 Å². The highest BCUT2D eigenvalue weighted by Crippen LogP contribution is 2.51. The molecule has 3 heterocycles. The van der Waals surface area contributed by atoms with E-state index in [2.05, 4.69) is 10.5 Å². The Morgan fingerprint density at radius 2 is 1.13 bits per heavy atom. The molecule has 0 radical (unpaired) electrons. The SMILES string of the molecule is CC1=NN(c2ccccc2)C(=O)[C@@H]1[C@]1([C@H]2C(=O)N(c3ccccc3)NC2=Nc2ccccc2)C(=O)N(c2ccccc2)N=C1C. The lowest BCUT2D eigenvalue weighted by Crippen LogP contribution is -2.58. The molecule has 45 heavy (non-hydrogen) atoms. The Morgan fingerprint density at radius 1 is 0.622 bits per heavy atom. The number of benzene rings is 4. The number of hydrazone groups is 2. The molecular weight excluding hydrogens is 566 g/mol. The number of carbonyl (C=O) groups excluding carboxylic acids is 3. The van der Waals surface area contributed by atoms with E-state index in [-0.39, 0.29) is 5.84 Å². The number of hydrogen-bond donors (Lipinski definition) is 1. The maximum Gasteiger partial charge on any atom is 0.261 e. The lowest BCUT2D eigenvalue weighted by atomic mass is 9.61. The molecule has 1 N–H and O–H groups in total. The number of carbonyl (C=O) groups is 3. The van der Waals surface area contributed by atoms with Crippen LogP contribution in [-0.4, -0.2) is 35.0 Å². The fraction of sp³-hybridized carbons (Fsp3) is 0.143. The average Bonchev–Trinajstić information content (AvgIpc) is 3.66. The van der Waals surface area contributed by atoms with Crippen molar-refractivity contribution in [1.82, 2.24) is 5.43 Å². The van der Waals surface area contributed by atoms with E-state index in [1.165, 1.54) is 15.0 Å². The number of hydrazine groups is 1. The first-order chi connectivity index (χ1) is 21.9. The number of aliphatic imine (C=N–C) groups is 1. The lowest BCUT2D eigenvalue weighted by molar-refractivity contribution is -0.136. The van der Waals surface area contributed by atoms with Crippen LogP contribution in [0.3, 0.4) is 0 Å². The summed E-state index contributed by atoms with van der Waals surface area (Å²) in [7, 11) is 0. The normalized spacial score (nSPS) is 23.9. The summed E-state index contributed by atoms with van der Waals surface area (Å²) in [6.45, 7) is 3.42. The molecule has 10 nitrogen and oxygen atoms in total. The van der Waals surface area contributed by atoms with E-state index in [9.17, 15) is 9.59 Å². The molecule has 1 saturated heterocycles. The minimum absolute atomic E-state index is 0.228. The molecule has 0 bridgehead atoms. The molecule has 0 spiro atoms. The summed E-state index contributed by atoms with van der Waals surface area (Å²) < 4.78 is 0. The maximum absolute atomic E-state index is 15.1. The van der Waals surface area contributed by atoms with Crippen LogP contribution in [-0.2, 0) is 14.4 Å². The molecule has 10 heteroatoms. The van der Waals surface area contributed by atoms with Gasteiger partial charge in [-0.25, -0.2) is 15.0 Å². The highest BCUT2D eigenvalue weighted by molar-refractivity contribution is 6.34. The van der Waals surface area contributed by atoms with Crippen molar-refractivity contribution in [3.05, 3.63) is 121 Å². The number of nitrogens with one attached hydrogen (secondary N) is 1. The van der Waals surface area contributed by atoms with Crippen molar-refractivity contribution in [2.45, 2.75) is 13.8 Å².